The van der Waals surface area contributed by atoms with Crippen molar-refractivity contribution in [3.05, 3.63) is 65.7 Å². The molecular formula is C20H26N2O2. The number of carbonyl (C=O) groups excluding carboxylic acids is 1. The minimum Gasteiger partial charge on any atom is -0.399 e. The van der Waals surface area contributed by atoms with E-state index in [1.165, 1.54) is 5.56 Å². The Morgan fingerprint density at radius 1 is 1.00 bits per heavy atom. The molecule has 2 aromatic carbocycles. The zero-order chi connectivity index (χ0) is 17.0. The van der Waals surface area contributed by atoms with Gasteiger partial charge in [-0.3, -0.25) is 4.79 Å². The molecule has 4 heteroatoms. The van der Waals surface area contributed by atoms with Crippen molar-refractivity contribution in [3.8, 4) is 0 Å². The van der Waals surface area contributed by atoms with Crippen molar-refractivity contribution in [1.29, 1.82) is 0 Å². The molecule has 0 aliphatic heterocycles. The normalized spacial score (nSPS) is 10.5. The van der Waals surface area contributed by atoms with Gasteiger partial charge in [0.1, 0.15) is 0 Å². The highest BCUT2D eigenvalue weighted by Crippen LogP contribution is 2.12. The van der Waals surface area contributed by atoms with Crippen molar-refractivity contribution < 1.29 is 9.53 Å². The SMILES string of the molecule is Nc1ccccc1CCC(=O)NCCCCOCc1ccccc1. The van der Waals surface area contributed by atoms with E-state index < -0.39 is 0 Å². The third kappa shape index (κ3) is 6.84. The number of amides is 1. The maximum atomic E-state index is 11.8. The number of nitrogens with one attached hydrogen (secondary N) is 1. The third-order valence-corrected chi connectivity index (χ3v) is 3.83. The van der Waals surface area contributed by atoms with Gasteiger partial charge in [0, 0.05) is 25.3 Å². The second-order valence-electron chi connectivity index (χ2n) is 5.79. The summed E-state index contributed by atoms with van der Waals surface area (Å²) in [6, 6.07) is 17.8. The van der Waals surface area contributed by atoms with Crippen LogP contribution >= 0.6 is 0 Å². The van der Waals surface area contributed by atoms with Gasteiger partial charge in [-0.1, -0.05) is 48.5 Å². The van der Waals surface area contributed by atoms with E-state index in [2.05, 4.69) is 17.4 Å². The van der Waals surface area contributed by atoms with Crippen molar-refractivity contribution in [3.63, 3.8) is 0 Å². The van der Waals surface area contributed by atoms with Gasteiger partial charge in [0.2, 0.25) is 5.91 Å². The molecule has 0 spiro atoms. The number of ether oxygens (including phenoxy) is 1. The van der Waals surface area contributed by atoms with Gasteiger partial charge < -0.3 is 15.8 Å². The number of rotatable bonds is 10. The lowest BCUT2D eigenvalue weighted by Crippen LogP contribution is -2.24. The molecule has 0 unspecified atom stereocenters. The first-order chi connectivity index (χ1) is 11.8. The van der Waals surface area contributed by atoms with Crippen molar-refractivity contribution >= 4 is 11.6 Å². The molecule has 3 N–H and O–H groups in total. The van der Waals surface area contributed by atoms with Gasteiger partial charge in [-0.05, 0) is 36.5 Å². The van der Waals surface area contributed by atoms with E-state index in [9.17, 15) is 4.79 Å². The Morgan fingerprint density at radius 3 is 2.54 bits per heavy atom. The smallest absolute Gasteiger partial charge is 0.220 e. The lowest BCUT2D eigenvalue weighted by Gasteiger charge is -2.07. The maximum absolute atomic E-state index is 11.8. The topological polar surface area (TPSA) is 64.4 Å². The number of carbonyl (C=O) groups is 1. The zero-order valence-electron chi connectivity index (χ0n) is 14.0. The average Bonchev–Trinajstić information content (AvgIpc) is 2.61. The summed E-state index contributed by atoms with van der Waals surface area (Å²) in [6.45, 7) is 2.05. The number of anilines is 1. The molecule has 0 aromatic heterocycles. The Kier molecular flexibility index (Phi) is 7.84. The quantitative estimate of drug-likeness (QED) is 0.520. The molecule has 0 aliphatic rings. The maximum Gasteiger partial charge on any atom is 0.220 e. The minimum absolute atomic E-state index is 0.0726. The van der Waals surface area contributed by atoms with Crippen LogP contribution in [0.4, 0.5) is 5.69 Å². The fraction of sp³-hybridized carbons (Fsp3) is 0.350. The molecule has 0 aliphatic carbocycles. The largest absolute Gasteiger partial charge is 0.399 e. The minimum atomic E-state index is 0.0726. The molecule has 2 rings (SSSR count). The van der Waals surface area contributed by atoms with Gasteiger partial charge in [-0.2, -0.15) is 0 Å². The molecule has 0 atom stereocenters. The molecule has 0 heterocycles. The molecule has 4 nitrogen and oxygen atoms in total. The van der Waals surface area contributed by atoms with Gasteiger partial charge >= 0.3 is 0 Å². The summed E-state index contributed by atoms with van der Waals surface area (Å²) in [5.74, 6) is 0.0726. The zero-order valence-corrected chi connectivity index (χ0v) is 14.0. The van der Waals surface area contributed by atoms with Gasteiger partial charge in [0.15, 0.2) is 0 Å². The van der Waals surface area contributed by atoms with Crippen molar-refractivity contribution in [2.45, 2.75) is 32.3 Å². The first kappa shape index (κ1) is 18.0. The summed E-state index contributed by atoms with van der Waals surface area (Å²) in [5, 5.41) is 2.95. The van der Waals surface area contributed by atoms with Crippen LogP contribution in [0.15, 0.2) is 54.6 Å². The van der Waals surface area contributed by atoms with E-state index in [0.29, 0.717) is 32.6 Å². The van der Waals surface area contributed by atoms with Crippen molar-refractivity contribution in [2.24, 2.45) is 0 Å². The highest BCUT2D eigenvalue weighted by Gasteiger charge is 2.03. The second kappa shape index (κ2) is 10.4. The summed E-state index contributed by atoms with van der Waals surface area (Å²) >= 11 is 0. The Morgan fingerprint density at radius 2 is 1.75 bits per heavy atom. The van der Waals surface area contributed by atoms with Gasteiger partial charge in [0.25, 0.3) is 0 Å². The van der Waals surface area contributed by atoms with E-state index >= 15 is 0 Å². The predicted molar refractivity (Wildman–Crippen MR) is 97.5 cm³/mol. The van der Waals surface area contributed by atoms with Crippen molar-refractivity contribution in [2.75, 3.05) is 18.9 Å². The van der Waals surface area contributed by atoms with E-state index in [-0.39, 0.29) is 5.91 Å². The number of unbranched alkanes of at least 4 members (excludes halogenated alkanes) is 1. The average molecular weight is 326 g/mol. The second-order valence-corrected chi connectivity index (χ2v) is 5.79. The predicted octanol–water partition coefficient (Wildman–Crippen LogP) is 3.31. The van der Waals surface area contributed by atoms with E-state index in [1.807, 2.05) is 42.5 Å². The van der Waals surface area contributed by atoms with Crippen LogP contribution in [0.2, 0.25) is 0 Å². The molecule has 0 saturated carbocycles. The molecule has 128 valence electrons. The number of nitrogen functional groups attached to an aromatic ring is 1. The van der Waals surface area contributed by atoms with Crippen LogP contribution < -0.4 is 11.1 Å². The van der Waals surface area contributed by atoms with E-state index in [4.69, 9.17) is 10.5 Å². The molecule has 1 amide bonds. The molecule has 0 bridgehead atoms. The lowest BCUT2D eigenvalue weighted by atomic mass is 10.1. The highest BCUT2D eigenvalue weighted by atomic mass is 16.5. The van der Waals surface area contributed by atoms with Crippen LogP contribution in [0, 0.1) is 0 Å². The molecular weight excluding hydrogens is 300 g/mol. The molecule has 24 heavy (non-hydrogen) atoms. The van der Waals surface area contributed by atoms with Gasteiger partial charge in [-0.25, -0.2) is 0 Å². The monoisotopic (exact) mass is 326 g/mol. The summed E-state index contributed by atoms with van der Waals surface area (Å²) in [5.41, 5.74) is 8.84. The number of aryl methyl sites for hydroxylation is 1. The van der Waals surface area contributed by atoms with E-state index in [0.717, 1.165) is 24.1 Å². The molecule has 2 aromatic rings. The number of benzene rings is 2. The summed E-state index contributed by atoms with van der Waals surface area (Å²) in [4.78, 5) is 11.8. The molecule has 0 radical (unpaired) electrons. The highest BCUT2D eigenvalue weighted by molar-refractivity contribution is 5.76. The Hall–Kier alpha value is -2.33. The Balaban J connectivity index is 1.48. The van der Waals surface area contributed by atoms with Crippen LogP contribution in [0.1, 0.15) is 30.4 Å². The van der Waals surface area contributed by atoms with Gasteiger partial charge in [0.05, 0.1) is 6.61 Å². The number of para-hydroxylation sites is 1. The summed E-state index contributed by atoms with van der Waals surface area (Å²) < 4.78 is 5.62. The fourth-order valence-electron chi connectivity index (χ4n) is 2.42. The van der Waals surface area contributed by atoms with Crippen LogP contribution in [0.3, 0.4) is 0 Å². The third-order valence-electron chi connectivity index (χ3n) is 3.83. The van der Waals surface area contributed by atoms with Gasteiger partial charge in [-0.15, -0.1) is 0 Å². The molecule has 0 saturated heterocycles. The summed E-state index contributed by atoms with van der Waals surface area (Å²) in [6.07, 6.45) is 3.02. The first-order valence-corrected chi connectivity index (χ1v) is 8.47. The first-order valence-electron chi connectivity index (χ1n) is 8.47. The van der Waals surface area contributed by atoms with E-state index in [1.54, 1.807) is 0 Å². The number of hydrogen-bond acceptors (Lipinski definition) is 3. The van der Waals surface area contributed by atoms with Crippen LogP contribution in [-0.4, -0.2) is 19.1 Å². The van der Waals surface area contributed by atoms with Crippen LogP contribution in [-0.2, 0) is 22.6 Å². The lowest BCUT2D eigenvalue weighted by molar-refractivity contribution is -0.121. The molecule has 0 fully saturated rings. The van der Waals surface area contributed by atoms with Crippen molar-refractivity contribution in [1.82, 2.24) is 5.32 Å². The fourth-order valence-corrected chi connectivity index (χ4v) is 2.42. The van der Waals surface area contributed by atoms with Crippen LogP contribution in [0.25, 0.3) is 0 Å². The number of nitrogens with two attached hydrogens (primary N) is 1. The Labute approximate surface area is 144 Å². The Bertz CT molecular complexity index is 614. The standard InChI is InChI=1S/C20H26N2O2/c21-19-11-5-4-10-18(19)12-13-20(23)22-14-6-7-15-24-16-17-8-2-1-3-9-17/h1-5,8-11H,6-7,12-16,21H2,(H,22,23). The van der Waals surface area contributed by atoms with Crippen LogP contribution in [0.5, 0.6) is 0 Å². The summed E-state index contributed by atoms with van der Waals surface area (Å²) in [7, 11) is 0. The number of hydrogen-bond donors (Lipinski definition) is 2.